The van der Waals surface area contributed by atoms with Gasteiger partial charge in [-0.05, 0) is 23.8 Å². The molecule has 0 fully saturated rings. The second kappa shape index (κ2) is 7.53. The number of amides is 1. The molecule has 0 aromatic carbocycles. The van der Waals surface area contributed by atoms with Crippen molar-refractivity contribution in [1.82, 2.24) is 10.3 Å². The number of hydrogen-bond donors (Lipinski definition) is 1. The largest absolute Gasteiger partial charge is 0.351 e. The maximum atomic E-state index is 11.6. The summed E-state index contributed by atoms with van der Waals surface area (Å²) in [5, 5.41) is 2.87. The monoisotopic (exact) mass is 312 g/mol. The molecule has 19 heavy (non-hydrogen) atoms. The van der Waals surface area contributed by atoms with Crippen LogP contribution < -0.4 is 5.32 Å². The van der Waals surface area contributed by atoms with E-state index in [-0.39, 0.29) is 5.91 Å². The lowest BCUT2D eigenvalue weighted by molar-refractivity contribution is -0.118. The van der Waals surface area contributed by atoms with Gasteiger partial charge in [0.1, 0.15) is 0 Å². The van der Waals surface area contributed by atoms with Crippen molar-refractivity contribution in [1.29, 1.82) is 0 Å². The van der Waals surface area contributed by atoms with Crippen molar-refractivity contribution in [2.75, 3.05) is 5.75 Å². The number of pyridine rings is 1. The summed E-state index contributed by atoms with van der Waals surface area (Å²) < 4.78 is 0.789. The second-order valence-electron chi connectivity index (χ2n) is 3.84. The summed E-state index contributed by atoms with van der Waals surface area (Å²) in [6.45, 7) is 0.526. The lowest BCUT2D eigenvalue weighted by Gasteiger charge is -2.04. The summed E-state index contributed by atoms with van der Waals surface area (Å²) in [5.74, 6) is 1.31. The molecule has 0 atom stereocenters. The highest BCUT2D eigenvalue weighted by molar-refractivity contribution is 7.99. The first kappa shape index (κ1) is 14.4. The molecule has 100 valence electrons. The molecule has 0 aliphatic rings. The van der Waals surface area contributed by atoms with Crippen molar-refractivity contribution in [3.8, 4) is 0 Å². The molecule has 6 heteroatoms. The third-order valence-electron chi connectivity index (χ3n) is 2.32. The maximum absolute atomic E-state index is 11.6. The van der Waals surface area contributed by atoms with E-state index in [1.54, 1.807) is 35.5 Å². The quantitative estimate of drug-likeness (QED) is 0.889. The van der Waals surface area contributed by atoms with E-state index < -0.39 is 0 Å². The van der Waals surface area contributed by atoms with E-state index in [0.717, 1.165) is 15.7 Å². The minimum absolute atomic E-state index is 0.0384. The highest BCUT2D eigenvalue weighted by Crippen LogP contribution is 2.24. The minimum atomic E-state index is 0.0384. The Kier molecular flexibility index (Phi) is 5.69. The zero-order valence-electron chi connectivity index (χ0n) is 10.1. The number of nitrogens with one attached hydrogen (secondary N) is 1. The van der Waals surface area contributed by atoms with Crippen LogP contribution in [0.5, 0.6) is 0 Å². The summed E-state index contributed by atoms with van der Waals surface area (Å²) in [6, 6.07) is 7.67. The van der Waals surface area contributed by atoms with E-state index in [4.69, 9.17) is 11.6 Å². The summed E-state index contributed by atoms with van der Waals surface area (Å²) in [7, 11) is 0. The van der Waals surface area contributed by atoms with Crippen LogP contribution in [0.25, 0.3) is 0 Å². The maximum Gasteiger partial charge on any atom is 0.230 e. The van der Waals surface area contributed by atoms with E-state index in [1.165, 1.54) is 4.88 Å². The van der Waals surface area contributed by atoms with Gasteiger partial charge in [0, 0.05) is 29.6 Å². The first-order chi connectivity index (χ1) is 9.24. The van der Waals surface area contributed by atoms with Gasteiger partial charge in [0.15, 0.2) is 0 Å². The molecule has 1 amide bonds. The van der Waals surface area contributed by atoms with Gasteiger partial charge in [-0.15, -0.1) is 23.1 Å². The van der Waals surface area contributed by atoms with Gasteiger partial charge in [0.05, 0.1) is 10.1 Å². The number of halogens is 1. The zero-order valence-corrected chi connectivity index (χ0v) is 12.5. The summed E-state index contributed by atoms with van der Waals surface area (Å²) in [5.41, 5.74) is 1.01. The topological polar surface area (TPSA) is 42.0 Å². The number of rotatable bonds is 6. The fourth-order valence-corrected chi connectivity index (χ4v) is 3.48. The molecule has 2 heterocycles. The average molecular weight is 313 g/mol. The molecule has 0 unspecified atom stereocenters. The van der Waals surface area contributed by atoms with Crippen LogP contribution in [0.4, 0.5) is 0 Å². The van der Waals surface area contributed by atoms with Crippen LogP contribution in [-0.2, 0) is 17.1 Å². The Balaban J connectivity index is 1.65. The number of carbonyl (C=O) groups is 1. The van der Waals surface area contributed by atoms with Crippen LogP contribution in [0.1, 0.15) is 10.4 Å². The third-order valence-corrected chi connectivity index (χ3v) is 4.71. The Hall–Kier alpha value is -1.04. The fraction of sp³-hybridized carbons (Fsp3) is 0.231. The van der Waals surface area contributed by atoms with Gasteiger partial charge >= 0.3 is 0 Å². The number of hydrogen-bond acceptors (Lipinski definition) is 4. The molecule has 2 aromatic heterocycles. The molecule has 0 aliphatic heterocycles. The van der Waals surface area contributed by atoms with Crippen LogP contribution in [0.15, 0.2) is 36.7 Å². The molecule has 0 spiro atoms. The van der Waals surface area contributed by atoms with Gasteiger partial charge in [-0.2, -0.15) is 0 Å². The molecule has 1 N–H and O–H groups in total. The molecule has 0 saturated heterocycles. The smallest absolute Gasteiger partial charge is 0.230 e. The van der Waals surface area contributed by atoms with Gasteiger partial charge in [0.25, 0.3) is 0 Å². The Labute approximate surface area is 125 Å². The van der Waals surface area contributed by atoms with Crippen LogP contribution in [0, 0.1) is 0 Å². The Morgan fingerprint density at radius 1 is 1.42 bits per heavy atom. The molecular weight excluding hydrogens is 300 g/mol. The van der Waals surface area contributed by atoms with Gasteiger partial charge in [-0.3, -0.25) is 9.78 Å². The second-order valence-corrected chi connectivity index (χ2v) is 6.62. The summed E-state index contributed by atoms with van der Waals surface area (Å²) >= 11 is 8.98. The Bertz CT molecular complexity index is 530. The van der Waals surface area contributed by atoms with Crippen LogP contribution in [0.2, 0.25) is 4.34 Å². The van der Waals surface area contributed by atoms with Gasteiger partial charge < -0.3 is 5.32 Å². The predicted octanol–water partition coefficient (Wildman–Crippen LogP) is 3.35. The Morgan fingerprint density at radius 2 is 2.32 bits per heavy atom. The average Bonchev–Trinajstić information content (AvgIpc) is 2.83. The molecular formula is C13H13ClN2OS2. The number of nitrogens with zero attached hydrogens (tertiary/aromatic N) is 1. The van der Waals surface area contributed by atoms with Crippen molar-refractivity contribution in [3.63, 3.8) is 0 Å². The lowest BCUT2D eigenvalue weighted by Crippen LogP contribution is -2.24. The van der Waals surface area contributed by atoms with Crippen molar-refractivity contribution in [2.45, 2.75) is 12.3 Å². The van der Waals surface area contributed by atoms with Crippen LogP contribution in [-0.4, -0.2) is 16.6 Å². The molecule has 2 rings (SSSR count). The highest BCUT2D eigenvalue weighted by atomic mass is 35.5. The lowest BCUT2D eigenvalue weighted by atomic mass is 10.3. The van der Waals surface area contributed by atoms with Crippen LogP contribution >= 0.6 is 34.7 Å². The zero-order chi connectivity index (χ0) is 13.5. The van der Waals surface area contributed by atoms with Gasteiger partial charge in [0.2, 0.25) is 5.91 Å². The van der Waals surface area contributed by atoms with Crippen molar-refractivity contribution < 1.29 is 4.79 Å². The summed E-state index contributed by atoms with van der Waals surface area (Å²) in [6.07, 6.45) is 3.47. The number of carbonyl (C=O) groups excluding carboxylic acids is 1. The third kappa shape index (κ3) is 5.22. The molecule has 0 aliphatic carbocycles. The van der Waals surface area contributed by atoms with E-state index in [0.29, 0.717) is 12.3 Å². The van der Waals surface area contributed by atoms with Crippen molar-refractivity contribution >= 4 is 40.6 Å². The first-order valence-corrected chi connectivity index (χ1v) is 8.06. The molecule has 0 radical (unpaired) electrons. The highest BCUT2D eigenvalue weighted by Gasteiger charge is 2.03. The van der Waals surface area contributed by atoms with E-state index in [2.05, 4.69) is 10.3 Å². The summed E-state index contributed by atoms with van der Waals surface area (Å²) in [4.78, 5) is 16.8. The SMILES string of the molecule is O=C(CSCc1ccc(Cl)s1)NCc1cccnc1. The van der Waals surface area contributed by atoms with E-state index in [1.807, 2.05) is 24.3 Å². The minimum Gasteiger partial charge on any atom is -0.351 e. The normalized spacial score (nSPS) is 10.4. The van der Waals surface area contributed by atoms with E-state index in [9.17, 15) is 4.79 Å². The fourth-order valence-electron chi connectivity index (χ4n) is 1.43. The van der Waals surface area contributed by atoms with Gasteiger partial charge in [-0.25, -0.2) is 0 Å². The standard InChI is InChI=1S/C13H13ClN2OS2/c14-12-4-3-11(19-12)8-18-9-13(17)16-7-10-2-1-5-15-6-10/h1-6H,7-9H2,(H,16,17). The first-order valence-electron chi connectivity index (χ1n) is 5.71. The number of thioether (sulfide) groups is 1. The van der Waals surface area contributed by atoms with Crippen LogP contribution in [0.3, 0.4) is 0 Å². The molecule has 0 bridgehead atoms. The number of aromatic nitrogens is 1. The van der Waals surface area contributed by atoms with Crippen molar-refractivity contribution in [2.24, 2.45) is 0 Å². The molecule has 2 aromatic rings. The predicted molar refractivity (Wildman–Crippen MR) is 81.6 cm³/mol. The van der Waals surface area contributed by atoms with E-state index >= 15 is 0 Å². The number of thiophene rings is 1. The van der Waals surface area contributed by atoms with Gasteiger partial charge in [-0.1, -0.05) is 17.7 Å². The van der Waals surface area contributed by atoms with Crippen molar-refractivity contribution in [3.05, 3.63) is 51.4 Å². The Morgan fingerprint density at radius 3 is 3.00 bits per heavy atom. The molecule has 3 nitrogen and oxygen atoms in total. The molecule has 0 saturated carbocycles.